The molecular formula is C18H25N5O4. The van der Waals surface area contributed by atoms with Crippen molar-refractivity contribution in [3.8, 4) is 0 Å². The van der Waals surface area contributed by atoms with Gasteiger partial charge in [0.2, 0.25) is 5.91 Å². The average molecular weight is 375 g/mol. The molecule has 0 aliphatic carbocycles. The molecule has 0 aliphatic heterocycles. The molecule has 0 aliphatic rings. The summed E-state index contributed by atoms with van der Waals surface area (Å²) in [5, 5.41) is 5.38. The summed E-state index contributed by atoms with van der Waals surface area (Å²) in [5.74, 6) is -0.0124. The van der Waals surface area contributed by atoms with E-state index in [1.807, 2.05) is 6.07 Å². The van der Waals surface area contributed by atoms with Gasteiger partial charge in [0, 0.05) is 19.7 Å². The van der Waals surface area contributed by atoms with E-state index < -0.39 is 11.9 Å². The van der Waals surface area contributed by atoms with Crippen LogP contribution < -0.4 is 16.2 Å². The molecule has 9 heteroatoms. The Morgan fingerprint density at radius 2 is 2.04 bits per heavy atom. The van der Waals surface area contributed by atoms with E-state index in [4.69, 9.17) is 4.74 Å². The highest BCUT2D eigenvalue weighted by atomic mass is 16.5. The lowest BCUT2D eigenvalue weighted by molar-refractivity contribution is -0.121. The van der Waals surface area contributed by atoms with Crippen LogP contribution in [0.15, 0.2) is 29.1 Å². The van der Waals surface area contributed by atoms with Gasteiger partial charge in [0.15, 0.2) is 0 Å². The predicted molar refractivity (Wildman–Crippen MR) is 101 cm³/mol. The molecule has 3 amide bonds. The summed E-state index contributed by atoms with van der Waals surface area (Å²) < 4.78 is 5.07. The first-order valence-corrected chi connectivity index (χ1v) is 8.68. The second kappa shape index (κ2) is 9.79. The van der Waals surface area contributed by atoms with Crippen molar-refractivity contribution in [2.75, 3.05) is 26.8 Å². The molecule has 0 saturated heterocycles. The maximum atomic E-state index is 12.2. The maximum Gasteiger partial charge on any atom is 0.321 e. The summed E-state index contributed by atoms with van der Waals surface area (Å²) in [5.41, 5.74) is 0.353. The molecule has 2 aromatic rings. The van der Waals surface area contributed by atoms with Crippen LogP contribution in [0.2, 0.25) is 0 Å². The third kappa shape index (κ3) is 6.46. The normalized spacial score (nSPS) is 11.1. The zero-order valence-corrected chi connectivity index (χ0v) is 15.7. The second-order valence-electron chi connectivity index (χ2n) is 6.41. The number of aromatic amines is 1. The number of ether oxygens (including phenoxy) is 1. The zero-order chi connectivity index (χ0) is 19.8. The number of rotatable bonds is 8. The summed E-state index contributed by atoms with van der Waals surface area (Å²) in [6, 6.07) is 6.43. The van der Waals surface area contributed by atoms with Gasteiger partial charge in [-0.2, -0.15) is 0 Å². The Hall–Kier alpha value is -2.78. The lowest BCUT2D eigenvalue weighted by Gasteiger charge is -2.21. The molecule has 0 atom stereocenters. The van der Waals surface area contributed by atoms with Crippen molar-refractivity contribution in [1.29, 1.82) is 0 Å². The summed E-state index contributed by atoms with van der Waals surface area (Å²) in [7, 11) is 1.56. The lowest BCUT2D eigenvalue weighted by Crippen LogP contribution is -2.46. The summed E-state index contributed by atoms with van der Waals surface area (Å²) in [6.07, 6.45) is 0. The number of methoxy groups -OCH3 is 1. The first kappa shape index (κ1) is 20.5. The molecule has 0 spiro atoms. The molecule has 1 heterocycles. The number of imide groups is 1. The number of para-hydroxylation sites is 1. The lowest BCUT2D eigenvalue weighted by atomic mass is 10.2. The van der Waals surface area contributed by atoms with E-state index in [-0.39, 0.29) is 24.7 Å². The smallest absolute Gasteiger partial charge is 0.321 e. The first-order valence-electron chi connectivity index (χ1n) is 8.68. The van der Waals surface area contributed by atoms with Crippen LogP contribution in [0.1, 0.15) is 19.7 Å². The van der Waals surface area contributed by atoms with Crippen molar-refractivity contribution >= 4 is 22.8 Å². The fraction of sp³-hybridized carbons (Fsp3) is 0.444. The summed E-state index contributed by atoms with van der Waals surface area (Å²) in [6.45, 7) is 4.64. The first-order chi connectivity index (χ1) is 12.9. The van der Waals surface area contributed by atoms with Gasteiger partial charge >= 0.3 is 6.03 Å². The minimum absolute atomic E-state index is 0.0363. The Bertz CT molecular complexity index is 849. The SMILES string of the molecule is COCCN(CC(=O)NC(=O)NC(C)C)Cc1nc2ccccc2c(=O)[nH]1. The number of nitrogens with one attached hydrogen (secondary N) is 3. The fourth-order valence-electron chi connectivity index (χ4n) is 2.52. The van der Waals surface area contributed by atoms with Crippen LogP contribution in [-0.2, 0) is 16.1 Å². The quantitative estimate of drug-likeness (QED) is 0.622. The highest BCUT2D eigenvalue weighted by Crippen LogP contribution is 2.07. The predicted octanol–water partition coefficient (Wildman–Crippen LogP) is 0.606. The van der Waals surface area contributed by atoms with Gasteiger partial charge in [0.25, 0.3) is 5.56 Å². The molecule has 0 fully saturated rings. The van der Waals surface area contributed by atoms with E-state index in [0.717, 1.165) is 0 Å². The topological polar surface area (TPSA) is 116 Å². The minimum Gasteiger partial charge on any atom is -0.383 e. The van der Waals surface area contributed by atoms with Crippen molar-refractivity contribution in [2.24, 2.45) is 0 Å². The third-order valence-corrected chi connectivity index (χ3v) is 3.69. The van der Waals surface area contributed by atoms with E-state index in [1.54, 1.807) is 44.1 Å². The molecule has 1 aromatic heterocycles. The highest BCUT2D eigenvalue weighted by Gasteiger charge is 2.15. The van der Waals surface area contributed by atoms with Crippen LogP contribution in [0.25, 0.3) is 10.9 Å². The van der Waals surface area contributed by atoms with E-state index in [9.17, 15) is 14.4 Å². The Morgan fingerprint density at radius 1 is 1.30 bits per heavy atom. The van der Waals surface area contributed by atoms with E-state index in [0.29, 0.717) is 29.9 Å². The maximum absolute atomic E-state index is 12.2. The van der Waals surface area contributed by atoms with Crippen LogP contribution in [-0.4, -0.2) is 59.7 Å². The number of benzene rings is 1. The molecule has 2 rings (SSSR count). The van der Waals surface area contributed by atoms with Gasteiger partial charge in [-0.05, 0) is 26.0 Å². The molecule has 0 bridgehead atoms. The Balaban J connectivity index is 2.08. The van der Waals surface area contributed by atoms with Crippen molar-refractivity contribution in [1.82, 2.24) is 25.5 Å². The monoisotopic (exact) mass is 375 g/mol. The summed E-state index contributed by atoms with van der Waals surface area (Å²) in [4.78, 5) is 44.9. The third-order valence-electron chi connectivity index (χ3n) is 3.69. The summed E-state index contributed by atoms with van der Waals surface area (Å²) >= 11 is 0. The Kier molecular flexibility index (Phi) is 7.44. The highest BCUT2D eigenvalue weighted by molar-refractivity contribution is 5.95. The van der Waals surface area contributed by atoms with Crippen LogP contribution in [0, 0.1) is 0 Å². The van der Waals surface area contributed by atoms with Crippen molar-refractivity contribution in [2.45, 2.75) is 26.4 Å². The molecule has 146 valence electrons. The van der Waals surface area contributed by atoms with Crippen LogP contribution >= 0.6 is 0 Å². The van der Waals surface area contributed by atoms with Crippen molar-refractivity contribution < 1.29 is 14.3 Å². The number of hydrogen-bond acceptors (Lipinski definition) is 6. The van der Waals surface area contributed by atoms with Gasteiger partial charge in [0.05, 0.1) is 30.6 Å². The van der Waals surface area contributed by atoms with Gasteiger partial charge in [-0.1, -0.05) is 12.1 Å². The standard InChI is InChI=1S/C18H25N5O4/c1-12(2)19-18(26)22-16(24)11-23(8-9-27-3)10-15-20-14-7-5-4-6-13(14)17(25)21-15/h4-7,12H,8-11H2,1-3H3,(H,20,21,25)(H2,19,22,24,26). The molecule has 9 nitrogen and oxygen atoms in total. The number of H-pyrrole nitrogens is 1. The number of amides is 3. The van der Waals surface area contributed by atoms with Gasteiger partial charge in [-0.25, -0.2) is 9.78 Å². The average Bonchev–Trinajstić information content (AvgIpc) is 2.58. The number of aromatic nitrogens is 2. The molecule has 0 radical (unpaired) electrons. The second-order valence-corrected chi connectivity index (χ2v) is 6.41. The van der Waals surface area contributed by atoms with Crippen molar-refractivity contribution in [3.63, 3.8) is 0 Å². The number of carbonyl (C=O) groups excluding carboxylic acids is 2. The number of hydrogen-bond donors (Lipinski definition) is 3. The van der Waals surface area contributed by atoms with Gasteiger partial charge < -0.3 is 15.0 Å². The van der Waals surface area contributed by atoms with Crippen LogP contribution in [0.3, 0.4) is 0 Å². The molecule has 3 N–H and O–H groups in total. The van der Waals surface area contributed by atoms with E-state index in [1.165, 1.54) is 0 Å². The van der Waals surface area contributed by atoms with Gasteiger partial charge in [-0.3, -0.25) is 19.8 Å². The molecule has 0 unspecified atom stereocenters. The molecule has 0 saturated carbocycles. The molecule has 27 heavy (non-hydrogen) atoms. The van der Waals surface area contributed by atoms with Gasteiger partial charge in [0.1, 0.15) is 5.82 Å². The van der Waals surface area contributed by atoms with Crippen LogP contribution in [0.5, 0.6) is 0 Å². The number of fused-ring (bicyclic) bond motifs is 1. The van der Waals surface area contributed by atoms with Crippen molar-refractivity contribution in [3.05, 3.63) is 40.4 Å². The van der Waals surface area contributed by atoms with E-state index >= 15 is 0 Å². The van der Waals surface area contributed by atoms with Gasteiger partial charge in [-0.15, -0.1) is 0 Å². The van der Waals surface area contributed by atoms with E-state index in [2.05, 4.69) is 20.6 Å². The fourth-order valence-corrected chi connectivity index (χ4v) is 2.52. The largest absolute Gasteiger partial charge is 0.383 e. The number of nitrogens with zero attached hydrogens (tertiary/aromatic N) is 2. The zero-order valence-electron chi connectivity index (χ0n) is 15.7. The Morgan fingerprint density at radius 3 is 2.74 bits per heavy atom. The number of urea groups is 1. The Labute approximate surface area is 157 Å². The molecule has 1 aromatic carbocycles. The number of carbonyl (C=O) groups is 2. The molecular weight excluding hydrogens is 350 g/mol. The van der Waals surface area contributed by atoms with Crippen LogP contribution in [0.4, 0.5) is 4.79 Å². The minimum atomic E-state index is -0.543.